The van der Waals surface area contributed by atoms with Crippen LogP contribution in [0.5, 0.6) is 5.75 Å². The molecule has 152 valence electrons. The van der Waals surface area contributed by atoms with Crippen LogP contribution >= 0.6 is 0 Å². The van der Waals surface area contributed by atoms with Gasteiger partial charge in [0.25, 0.3) is 12.1 Å². The molecule has 0 unspecified atom stereocenters. The minimum absolute atomic E-state index is 0.128. The average molecular weight is 402 g/mol. The van der Waals surface area contributed by atoms with E-state index in [0.717, 1.165) is 37.3 Å². The Balaban J connectivity index is 2.63. The normalized spacial score (nSPS) is 14.1. The molecule has 12 heteroatoms. The Bertz CT molecular complexity index is 812. The molecule has 1 aliphatic rings. The van der Waals surface area contributed by atoms with Gasteiger partial charge in [0.2, 0.25) is 0 Å². The van der Waals surface area contributed by atoms with E-state index in [2.05, 4.69) is 9.47 Å². The molecular formula is C16H16F2N2O8. The summed E-state index contributed by atoms with van der Waals surface area (Å²) in [4.78, 5) is 35.8. The Labute approximate surface area is 157 Å². The lowest BCUT2D eigenvalue weighted by molar-refractivity contribution is -0.384. The first-order chi connectivity index (χ1) is 13.3. The number of carbonyl (C=O) groups excluding carboxylic acids is 2. The van der Waals surface area contributed by atoms with Gasteiger partial charge in [-0.2, -0.15) is 0 Å². The van der Waals surface area contributed by atoms with Crippen LogP contribution in [0.4, 0.5) is 20.2 Å². The summed E-state index contributed by atoms with van der Waals surface area (Å²) in [6, 6.07) is 3.17. The Hall–Kier alpha value is -3.28. The summed E-state index contributed by atoms with van der Waals surface area (Å²) in [5.41, 5.74) is -1.03. The number of rotatable bonds is 7. The molecule has 0 saturated heterocycles. The number of benzene rings is 1. The standard InChI is InChI=1S/C16H16F2N2O8/c1-25-15(21)10-6-27-8-19(14(10)16(22)26-2)11-5-9(20(23)24)3-4-12(11)28-7-13(17)18/h3-5,13H,6-8H2,1-2H3. The molecule has 1 aliphatic heterocycles. The van der Waals surface area contributed by atoms with Gasteiger partial charge in [0.15, 0.2) is 0 Å². The number of hydrogen-bond acceptors (Lipinski definition) is 9. The molecule has 0 aromatic heterocycles. The second-order valence-electron chi connectivity index (χ2n) is 5.33. The summed E-state index contributed by atoms with van der Waals surface area (Å²) >= 11 is 0. The monoisotopic (exact) mass is 402 g/mol. The van der Waals surface area contributed by atoms with Crippen LogP contribution in [-0.2, 0) is 23.8 Å². The Morgan fingerprint density at radius 2 is 1.96 bits per heavy atom. The third kappa shape index (κ3) is 4.52. The van der Waals surface area contributed by atoms with Gasteiger partial charge >= 0.3 is 11.9 Å². The SMILES string of the molecule is COC(=O)C1=C(C(=O)OC)N(c2cc([N+](=O)[O-])ccc2OCC(F)F)COC1. The molecule has 0 aliphatic carbocycles. The van der Waals surface area contributed by atoms with Crippen molar-refractivity contribution in [2.24, 2.45) is 0 Å². The fourth-order valence-corrected chi connectivity index (χ4v) is 2.44. The van der Waals surface area contributed by atoms with Crippen molar-refractivity contribution in [1.29, 1.82) is 0 Å². The molecule has 0 fully saturated rings. The van der Waals surface area contributed by atoms with Crippen molar-refractivity contribution in [3.05, 3.63) is 39.6 Å². The molecule has 0 spiro atoms. The highest BCUT2D eigenvalue weighted by atomic mass is 19.3. The molecule has 0 bridgehead atoms. The van der Waals surface area contributed by atoms with Crippen molar-refractivity contribution in [3.63, 3.8) is 0 Å². The van der Waals surface area contributed by atoms with Crippen LogP contribution in [0.2, 0.25) is 0 Å². The number of nitro groups is 1. The fraction of sp³-hybridized carbons (Fsp3) is 0.375. The number of alkyl halides is 2. The molecule has 0 atom stereocenters. The lowest BCUT2D eigenvalue weighted by Gasteiger charge is -2.32. The molecule has 1 heterocycles. The van der Waals surface area contributed by atoms with Crippen LogP contribution in [-0.4, -0.2) is 57.5 Å². The van der Waals surface area contributed by atoms with Gasteiger partial charge in [-0.15, -0.1) is 0 Å². The minimum Gasteiger partial charge on any atom is -0.485 e. The van der Waals surface area contributed by atoms with E-state index in [-0.39, 0.29) is 36.0 Å². The second kappa shape index (κ2) is 9.08. The van der Waals surface area contributed by atoms with Crippen LogP contribution in [0.3, 0.4) is 0 Å². The summed E-state index contributed by atoms with van der Waals surface area (Å²) < 4.78 is 44.7. The maximum absolute atomic E-state index is 12.6. The van der Waals surface area contributed by atoms with Crippen molar-refractivity contribution < 1.29 is 42.2 Å². The highest BCUT2D eigenvalue weighted by molar-refractivity contribution is 6.03. The number of hydrogen-bond donors (Lipinski definition) is 0. The van der Waals surface area contributed by atoms with E-state index in [0.29, 0.717) is 0 Å². The quantitative estimate of drug-likeness (QED) is 0.381. The molecule has 0 amide bonds. The Morgan fingerprint density at radius 1 is 1.29 bits per heavy atom. The van der Waals surface area contributed by atoms with Gasteiger partial charge in [-0.1, -0.05) is 0 Å². The van der Waals surface area contributed by atoms with Gasteiger partial charge in [0.1, 0.15) is 24.8 Å². The zero-order valence-corrected chi connectivity index (χ0v) is 14.8. The minimum atomic E-state index is -2.80. The summed E-state index contributed by atoms with van der Waals surface area (Å²) in [5.74, 6) is -2.01. The third-order valence-electron chi connectivity index (χ3n) is 3.64. The smallest absolute Gasteiger partial charge is 0.355 e. The second-order valence-corrected chi connectivity index (χ2v) is 5.33. The zero-order valence-electron chi connectivity index (χ0n) is 14.8. The van der Waals surface area contributed by atoms with E-state index >= 15 is 0 Å². The van der Waals surface area contributed by atoms with Crippen molar-refractivity contribution in [2.75, 3.05) is 39.1 Å². The number of esters is 2. The summed E-state index contributed by atoms with van der Waals surface area (Å²) in [5, 5.41) is 11.1. The third-order valence-corrected chi connectivity index (χ3v) is 3.64. The number of anilines is 1. The maximum Gasteiger partial charge on any atom is 0.355 e. The highest BCUT2D eigenvalue weighted by Gasteiger charge is 2.34. The van der Waals surface area contributed by atoms with Crippen molar-refractivity contribution in [2.45, 2.75) is 6.43 Å². The predicted molar refractivity (Wildman–Crippen MR) is 89.0 cm³/mol. The van der Waals surface area contributed by atoms with Gasteiger partial charge < -0.3 is 23.8 Å². The number of halogens is 2. The van der Waals surface area contributed by atoms with Gasteiger partial charge in [-0.25, -0.2) is 18.4 Å². The number of nitro benzene ring substituents is 1. The summed E-state index contributed by atoms with van der Waals surface area (Å²) in [6.07, 6.45) is -2.80. The largest absolute Gasteiger partial charge is 0.485 e. The van der Waals surface area contributed by atoms with Crippen LogP contribution in [0.25, 0.3) is 0 Å². The van der Waals surface area contributed by atoms with Gasteiger partial charge in [0, 0.05) is 12.1 Å². The first kappa shape index (κ1) is 21.0. The van der Waals surface area contributed by atoms with Crippen LogP contribution in [0.15, 0.2) is 29.5 Å². The van der Waals surface area contributed by atoms with Gasteiger partial charge in [-0.05, 0) is 6.07 Å². The summed E-state index contributed by atoms with van der Waals surface area (Å²) in [7, 11) is 2.16. The lowest BCUT2D eigenvalue weighted by Crippen LogP contribution is -2.39. The Morgan fingerprint density at radius 3 is 2.54 bits per heavy atom. The molecule has 1 aromatic carbocycles. The van der Waals surface area contributed by atoms with Crippen molar-refractivity contribution in [1.82, 2.24) is 0 Å². The number of ether oxygens (including phenoxy) is 4. The maximum atomic E-state index is 12.6. The van der Waals surface area contributed by atoms with E-state index in [9.17, 15) is 28.5 Å². The molecule has 28 heavy (non-hydrogen) atoms. The van der Waals surface area contributed by atoms with Crippen LogP contribution in [0.1, 0.15) is 0 Å². The predicted octanol–water partition coefficient (Wildman–Crippen LogP) is 1.63. The van der Waals surface area contributed by atoms with Crippen molar-refractivity contribution in [3.8, 4) is 5.75 Å². The van der Waals surface area contributed by atoms with E-state index < -0.39 is 35.6 Å². The molecule has 10 nitrogen and oxygen atoms in total. The first-order valence-corrected chi connectivity index (χ1v) is 7.74. The number of carbonyl (C=O) groups is 2. The topological polar surface area (TPSA) is 117 Å². The molecule has 0 N–H and O–H groups in total. The molecule has 0 radical (unpaired) electrons. The van der Waals surface area contributed by atoms with E-state index in [1.54, 1.807) is 0 Å². The number of nitrogens with zero attached hydrogens (tertiary/aromatic N) is 2. The van der Waals surface area contributed by atoms with E-state index in [1.165, 1.54) is 0 Å². The van der Waals surface area contributed by atoms with E-state index in [4.69, 9.17) is 9.47 Å². The molecule has 2 rings (SSSR count). The molecular weight excluding hydrogens is 386 g/mol. The van der Waals surface area contributed by atoms with Crippen LogP contribution in [0, 0.1) is 10.1 Å². The fourth-order valence-electron chi connectivity index (χ4n) is 2.44. The number of methoxy groups -OCH3 is 2. The highest BCUT2D eigenvalue weighted by Crippen LogP contribution is 2.37. The average Bonchev–Trinajstić information content (AvgIpc) is 2.70. The summed E-state index contributed by atoms with van der Waals surface area (Å²) in [6.45, 7) is -1.59. The number of non-ortho nitro benzene ring substituents is 1. The molecule has 0 saturated carbocycles. The lowest BCUT2D eigenvalue weighted by atomic mass is 10.1. The van der Waals surface area contributed by atoms with Gasteiger partial charge in [0.05, 0.1) is 37.0 Å². The molecule has 1 aromatic rings. The van der Waals surface area contributed by atoms with Gasteiger partial charge in [-0.3, -0.25) is 10.1 Å². The van der Waals surface area contributed by atoms with Crippen LogP contribution < -0.4 is 9.64 Å². The van der Waals surface area contributed by atoms with E-state index in [1.807, 2.05) is 0 Å². The Kier molecular flexibility index (Phi) is 6.82. The first-order valence-electron chi connectivity index (χ1n) is 7.74. The zero-order chi connectivity index (χ0) is 20.8. The van der Waals surface area contributed by atoms with Crippen molar-refractivity contribution >= 4 is 23.3 Å².